The second-order valence-corrected chi connectivity index (χ2v) is 2.45. The van der Waals surface area contributed by atoms with Gasteiger partial charge in [0.2, 0.25) is 0 Å². The predicted octanol–water partition coefficient (Wildman–Crippen LogP) is 3.04. The van der Waals surface area contributed by atoms with Crippen LogP contribution < -0.4 is 0 Å². The van der Waals surface area contributed by atoms with E-state index in [1.807, 2.05) is 0 Å². The number of unbranched alkanes of at least 4 members (excludes halogenated alkanes) is 1. The highest BCUT2D eigenvalue weighted by atomic mass is 14.0. The van der Waals surface area contributed by atoms with Gasteiger partial charge in [0.15, 0.2) is 0 Å². The van der Waals surface area contributed by atoms with Crippen LogP contribution in [0.1, 0.15) is 40.0 Å². The lowest BCUT2D eigenvalue weighted by molar-refractivity contribution is 0.567. The zero-order valence-electron chi connectivity index (χ0n) is 6.28. The summed E-state index contributed by atoms with van der Waals surface area (Å²) in [7, 11) is 0. The molecule has 0 aliphatic rings. The Kier molecular flexibility index (Phi) is 4.93. The van der Waals surface area contributed by atoms with Gasteiger partial charge in [-0.3, -0.25) is 0 Å². The maximum Gasteiger partial charge on any atom is 0.0946 e. The Hall–Kier alpha value is -0.130. The van der Waals surface area contributed by atoms with E-state index in [-0.39, 0.29) is 0 Å². The van der Waals surface area contributed by atoms with Gasteiger partial charge < -0.3 is 0 Å². The number of rotatable bonds is 4. The van der Waals surface area contributed by atoms with Crippen LogP contribution in [0.2, 0.25) is 0 Å². The Morgan fingerprint density at radius 3 is 2.50 bits per heavy atom. The summed E-state index contributed by atoms with van der Waals surface area (Å²) in [4.78, 5) is 0. The third-order valence-electron chi connectivity index (χ3n) is 1.58. The lowest BCUT2D eigenvalue weighted by Crippen LogP contribution is -1.90. The molecule has 0 saturated carbocycles. The normalized spacial score (nSPS) is 13.4. The van der Waals surface area contributed by atoms with E-state index in [4.69, 9.17) is 0 Å². The number of hydrogen-bond donors (Lipinski definition) is 0. The summed E-state index contributed by atoms with van der Waals surface area (Å²) in [6, 6.07) is 0. The molecule has 0 fully saturated rings. The molecule has 0 aliphatic carbocycles. The molecule has 0 aromatic rings. The van der Waals surface area contributed by atoms with Gasteiger partial charge in [0, 0.05) is 0 Å². The standard InChI is InChI=1S/C8H17/c1-4-6-7-8(3)5-2/h5,8H,4,6-7H2,1-3H3/q+1. The molecule has 0 bridgehead atoms. The highest BCUT2D eigenvalue weighted by molar-refractivity contribution is 4.65. The van der Waals surface area contributed by atoms with E-state index >= 15 is 0 Å². The fourth-order valence-corrected chi connectivity index (χ4v) is 0.693. The fraction of sp³-hybridized carbons (Fsp3) is 0.875. The largest absolute Gasteiger partial charge is 0.0946 e. The molecule has 0 amide bonds. The monoisotopic (exact) mass is 113 g/mol. The molecule has 0 aromatic carbocycles. The van der Waals surface area contributed by atoms with Gasteiger partial charge in [-0.15, -0.1) is 0 Å². The molecule has 0 rings (SSSR count). The van der Waals surface area contributed by atoms with Crippen LogP contribution in [0, 0.1) is 12.3 Å². The van der Waals surface area contributed by atoms with Gasteiger partial charge in [0.25, 0.3) is 0 Å². The van der Waals surface area contributed by atoms with Gasteiger partial charge in [-0.2, -0.15) is 0 Å². The van der Waals surface area contributed by atoms with Crippen LogP contribution in [-0.2, 0) is 0 Å². The molecule has 0 radical (unpaired) electrons. The highest BCUT2D eigenvalue weighted by Gasteiger charge is 2.03. The molecule has 0 aromatic heterocycles. The maximum atomic E-state index is 2.27. The third kappa shape index (κ3) is 4.04. The van der Waals surface area contributed by atoms with Crippen LogP contribution >= 0.6 is 0 Å². The SMILES string of the molecule is C[CH+]C(C)CCCC. The quantitative estimate of drug-likeness (QED) is 0.491. The molecule has 0 N–H and O–H groups in total. The summed E-state index contributed by atoms with van der Waals surface area (Å²) in [5.41, 5.74) is 0. The van der Waals surface area contributed by atoms with Gasteiger partial charge in [-0.25, -0.2) is 0 Å². The topological polar surface area (TPSA) is 0 Å². The van der Waals surface area contributed by atoms with Crippen molar-refractivity contribution in [3.8, 4) is 0 Å². The van der Waals surface area contributed by atoms with Crippen molar-refractivity contribution in [3.63, 3.8) is 0 Å². The molecule has 0 saturated heterocycles. The highest BCUT2D eigenvalue weighted by Crippen LogP contribution is 2.08. The van der Waals surface area contributed by atoms with E-state index in [0.29, 0.717) is 0 Å². The van der Waals surface area contributed by atoms with E-state index in [1.165, 1.54) is 19.3 Å². The maximum absolute atomic E-state index is 2.27. The molecule has 0 heteroatoms. The van der Waals surface area contributed by atoms with E-state index in [0.717, 1.165) is 5.92 Å². The van der Waals surface area contributed by atoms with Crippen molar-refractivity contribution in [1.29, 1.82) is 0 Å². The molecule has 0 heterocycles. The smallest absolute Gasteiger partial charge is 0.0654 e. The molecule has 1 atom stereocenters. The first kappa shape index (κ1) is 7.87. The Morgan fingerprint density at radius 1 is 1.50 bits per heavy atom. The molecule has 0 nitrogen and oxygen atoms in total. The summed E-state index contributed by atoms with van der Waals surface area (Å²) in [5.74, 6) is 0.829. The Labute approximate surface area is 53.3 Å². The van der Waals surface area contributed by atoms with Crippen molar-refractivity contribution in [2.24, 2.45) is 5.92 Å². The average molecular weight is 113 g/mol. The van der Waals surface area contributed by atoms with Crippen molar-refractivity contribution >= 4 is 0 Å². The van der Waals surface area contributed by atoms with Gasteiger partial charge in [-0.05, 0) is 19.8 Å². The summed E-state index contributed by atoms with van der Waals surface area (Å²) in [6.45, 7) is 6.65. The molecular formula is C8H17+. The second-order valence-electron chi connectivity index (χ2n) is 2.45. The van der Waals surface area contributed by atoms with E-state index in [2.05, 4.69) is 27.2 Å². The number of hydrogen-bond acceptors (Lipinski definition) is 0. The van der Waals surface area contributed by atoms with Crippen molar-refractivity contribution in [3.05, 3.63) is 6.42 Å². The second kappa shape index (κ2) is 5.02. The van der Waals surface area contributed by atoms with Gasteiger partial charge in [-0.1, -0.05) is 13.3 Å². The lowest BCUT2D eigenvalue weighted by atomic mass is 10.0. The van der Waals surface area contributed by atoms with Gasteiger partial charge in [0.05, 0.1) is 19.3 Å². The molecule has 0 aliphatic heterocycles. The van der Waals surface area contributed by atoms with Crippen LogP contribution in [0.25, 0.3) is 0 Å². The van der Waals surface area contributed by atoms with Crippen LogP contribution in [0.15, 0.2) is 0 Å². The van der Waals surface area contributed by atoms with Crippen molar-refractivity contribution < 1.29 is 0 Å². The zero-order valence-corrected chi connectivity index (χ0v) is 6.28. The zero-order chi connectivity index (χ0) is 6.41. The summed E-state index contributed by atoms with van der Waals surface area (Å²) in [5, 5.41) is 0. The van der Waals surface area contributed by atoms with Gasteiger partial charge in [0.1, 0.15) is 0 Å². The van der Waals surface area contributed by atoms with Gasteiger partial charge >= 0.3 is 0 Å². The van der Waals surface area contributed by atoms with E-state index in [1.54, 1.807) is 0 Å². The predicted molar refractivity (Wildman–Crippen MR) is 38.7 cm³/mol. The summed E-state index contributed by atoms with van der Waals surface area (Å²) >= 11 is 0. The molecule has 0 spiro atoms. The van der Waals surface area contributed by atoms with E-state index in [9.17, 15) is 0 Å². The van der Waals surface area contributed by atoms with E-state index < -0.39 is 0 Å². The minimum Gasteiger partial charge on any atom is -0.0654 e. The Morgan fingerprint density at radius 2 is 2.12 bits per heavy atom. The average Bonchev–Trinajstić information content (AvgIpc) is 1.83. The first-order valence-corrected chi connectivity index (χ1v) is 3.60. The van der Waals surface area contributed by atoms with Crippen molar-refractivity contribution in [1.82, 2.24) is 0 Å². The summed E-state index contributed by atoms with van der Waals surface area (Å²) in [6.07, 6.45) is 6.35. The molecule has 8 heavy (non-hydrogen) atoms. The minimum absolute atomic E-state index is 0.829. The van der Waals surface area contributed by atoms with Crippen LogP contribution in [0.3, 0.4) is 0 Å². The lowest BCUT2D eigenvalue weighted by Gasteiger charge is -1.96. The molecule has 1 unspecified atom stereocenters. The van der Waals surface area contributed by atoms with Crippen LogP contribution in [0.5, 0.6) is 0 Å². The van der Waals surface area contributed by atoms with Crippen molar-refractivity contribution in [2.45, 2.75) is 40.0 Å². The molecular weight excluding hydrogens is 96.1 g/mol. The van der Waals surface area contributed by atoms with Crippen LogP contribution in [-0.4, -0.2) is 0 Å². The summed E-state index contributed by atoms with van der Waals surface area (Å²) < 4.78 is 0. The Balaban J connectivity index is 2.86. The van der Waals surface area contributed by atoms with Crippen LogP contribution in [0.4, 0.5) is 0 Å². The Bertz CT molecular complexity index is 39.3. The third-order valence-corrected chi connectivity index (χ3v) is 1.58. The first-order chi connectivity index (χ1) is 3.81. The fourth-order valence-electron chi connectivity index (χ4n) is 0.693. The van der Waals surface area contributed by atoms with Crippen molar-refractivity contribution in [2.75, 3.05) is 0 Å². The first-order valence-electron chi connectivity index (χ1n) is 3.60. The minimum atomic E-state index is 0.829. The molecule has 48 valence electrons.